The number of fused-ring (bicyclic) bond motifs is 1. The lowest BCUT2D eigenvalue weighted by atomic mass is 10.4. The van der Waals surface area contributed by atoms with Crippen LogP contribution in [0.1, 0.15) is 5.69 Å². The minimum Gasteiger partial charge on any atom is -0.382 e. The zero-order chi connectivity index (χ0) is 10.3. The van der Waals surface area contributed by atoms with Crippen LogP contribution in [0.4, 0.5) is 11.5 Å². The average Bonchev–Trinajstić information content (AvgIpc) is 2.46. The minimum absolute atomic E-state index is 0.0689. The maximum absolute atomic E-state index is 10.7. The quantitative estimate of drug-likeness (QED) is 0.526. The van der Waals surface area contributed by atoms with E-state index >= 15 is 0 Å². The molecule has 2 aromatic rings. The molecule has 2 N–H and O–H groups in total. The fraction of sp³-hybridized carbons (Fsp3) is 0.143. The lowest BCUT2D eigenvalue weighted by Gasteiger charge is -1.96. The summed E-state index contributed by atoms with van der Waals surface area (Å²) in [7, 11) is 0. The molecule has 72 valence electrons. The van der Waals surface area contributed by atoms with Crippen LogP contribution in [-0.2, 0) is 0 Å². The van der Waals surface area contributed by atoms with Crippen molar-refractivity contribution in [3.05, 3.63) is 28.2 Å². The van der Waals surface area contributed by atoms with Gasteiger partial charge in [0.15, 0.2) is 11.3 Å². The van der Waals surface area contributed by atoms with Crippen LogP contribution in [-0.4, -0.2) is 19.5 Å². The maximum atomic E-state index is 10.7. The van der Waals surface area contributed by atoms with Crippen molar-refractivity contribution in [3.63, 3.8) is 0 Å². The van der Waals surface area contributed by atoms with Crippen molar-refractivity contribution in [2.75, 3.05) is 5.73 Å². The van der Waals surface area contributed by atoms with Crippen molar-refractivity contribution >= 4 is 17.0 Å². The van der Waals surface area contributed by atoms with Gasteiger partial charge in [-0.25, -0.2) is 9.50 Å². The molecule has 2 rings (SSSR count). The highest BCUT2D eigenvalue weighted by molar-refractivity contribution is 5.78. The van der Waals surface area contributed by atoms with Gasteiger partial charge < -0.3 is 5.73 Å². The zero-order valence-corrected chi connectivity index (χ0v) is 7.34. The van der Waals surface area contributed by atoms with Crippen LogP contribution in [0.2, 0.25) is 0 Å². The predicted molar refractivity (Wildman–Crippen MR) is 48.8 cm³/mol. The molecule has 0 fully saturated rings. The van der Waals surface area contributed by atoms with E-state index in [1.165, 1.54) is 16.9 Å². The summed E-state index contributed by atoms with van der Waals surface area (Å²) in [5.41, 5.74) is 6.36. The van der Waals surface area contributed by atoms with Crippen molar-refractivity contribution < 1.29 is 4.92 Å². The van der Waals surface area contributed by atoms with Crippen LogP contribution < -0.4 is 5.73 Å². The molecule has 7 heteroatoms. The standard InChI is InChI=1S/C7H7N5O2/c1-4-2-5(12(13)14)6-7(8)9-3-10-11(4)6/h2-3H,1H3,(H2,8,9,10). The molecule has 2 heterocycles. The van der Waals surface area contributed by atoms with E-state index in [-0.39, 0.29) is 17.0 Å². The van der Waals surface area contributed by atoms with Crippen molar-refractivity contribution in [3.8, 4) is 0 Å². The number of hydrogen-bond donors (Lipinski definition) is 1. The number of nitrogens with two attached hydrogens (primary N) is 1. The van der Waals surface area contributed by atoms with E-state index in [4.69, 9.17) is 5.73 Å². The van der Waals surface area contributed by atoms with Gasteiger partial charge in [0.05, 0.1) is 4.92 Å². The summed E-state index contributed by atoms with van der Waals surface area (Å²) in [5.74, 6) is 0.111. The van der Waals surface area contributed by atoms with Crippen molar-refractivity contribution in [1.29, 1.82) is 0 Å². The van der Waals surface area contributed by atoms with E-state index in [9.17, 15) is 10.1 Å². The van der Waals surface area contributed by atoms with Crippen LogP contribution in [0.5, 0.6) is 0 Å². The van der Waals surface area contributed by atoms with Crippen LogP contribution >= 0.6 is 0 Å². The van der Waals surface area contributed by atoms with Gasteiger partial charge in [0.2, 0.25) is 0 Å². The second-order valence-electron chi connectivity index (χ2n) is 2.83. The van der Waals surface area contributed by atoms with E-state index in [1.54, 1.807) is 6.92 Å². The predicted octanol–water partition coefficient (Wildman–Crippen LogP) is 0.528. The molecule has 2 aromatic heterocycles. The van der Waals surface area contributed by atoms with E-state index in [2.05, 4.69) is 10.1 Å². The van der Waals surface area contributed by atoms with Gasteiger partial charge in [0.1, 0.15) is 6.33 Å². The van der Waals surface area contributed by atoms with Gasteiger partial charge in [0, 0.05) is 11.8 Å². The number of hydrogen-bond acceptors (Lipinski definition) is 5. The van der Waals surface area contributed by atoms with Gasteiger partial charge in [0.25, 0.3) is 0 Å². The molecular formula is C7H7N5O2. The molecule has 0 aliphatic rings. The van der Waals surface area contributed by atoms with Crippen molar-refractivity contribution in [2.24, 2.45) is 0 Å². The summed E-state index contributed by atoms with van der Waals surface area (Å²) < 4.78 is 1.40. The number of anilines is 1. The Hall–Kier alpha value is -2.18. The first-order valence-corrected chi connectivity index (χ1v) is 3.84. The Balaban J connectivity index is 2.93. The summed E-state index contributed by atoms with van der Waals surface area (Å²) in [6.07, 6.45) is 1.26. The van der Waals surface area contributed by atoms with Gasteiger partial charge >= 0.3 is 5.69 Å². The second-order valence-corrected chi connectivity index (χ2v) is 2.83. The summed E-state index contributed by atoms with van der Waals surface area (Å²) in [4.78, 5) is 13.9. The SMILES string of the molecule is Cc1cc([N+](=O)[O-])c2c(N)ncnn12. The highest BCUT2D eigenvalue weighted by Gasteiger charge is 2.19. The van der Waals surface area contributed by atoms with Crippen LogP contribution in [0.15, 0.2) is 12.4 Å². The largest absolute Gasteiger partial charge is 0.382 e. The minimum atomic E-state index is -0.498. The Bertz CT molecular complexity index is 518. The van der Waals surface area contributed by atoms with Crippen LogP contribution in [0.25, 0.3) is 5.52 Å². The lowest BCUT2D eigenvalue weighted by Crippen LogP contribution is -2.00. The summed E-state index contributed by atoms with van der Waals surface area (Å²) >= 11 is 0. The molecule has 14 heavy (non-hydrogen) atoms. The number of nitrogens with zero attached hydrogens (tertiary/aromatic N) is 4. The van der Waals surface area contributed by atoms with Gasteiger partial charge in [-0.15, -0.1) is 0 Å². The van der Waals surface area contributed by atoms with Crippen LogP contribution in [0.3, 0.4) is 0 Å². The van der Waals surface area contributed by atoms with E-state index in [0.29, 0.717) is 5.69 Å². The lowest BCUT2D eigenvalue weighted by molar-refractivity contribution is -0.383. The highest BCUT2D eigenvalue weighted by Crippen LogP contribution is 2.25. The monoisotopic (exact) mass is 193 g/mol. The molecular weight excluding hydrogens is 186 g/mol. The third kappa shape index (κ3) is 0.987. The van der Waals surface area contributed by atoms with E-state index < -0.39 is 4.92 Å². The van der Waals surface area contributed by atoms with Gasteiger partial charge in [-0.2, -0.15) is 5.10 Å². The molecule has 0 radical (unpaired) electrons. The van der Waals surface area contributed by atoms with Gasteiger partial charge in [-0.1, -0.05) is 0 Å². The number of aromatic nitrogens is 3. The molecule has 0 atom stereocenters. The van der Waals surface area contributed by atoms with Gasteiger partial charge in [-0.3, -0.25) is 10.1 Å². The van der Waals surface area contributed by atoms with E-state index in [1.807, 2.05) is 0 Å². The molecule has 0 aliphatic carbocycles. The zero-order valence-electron chi connectivity index (χ0n) is 7.34. The topological polar surface area (TPSA) is 99.3 Å². The number of nitrogen functional groups attached to an aromatic ring is 1. The Morgan fingerprint density at radius 1 is 1.64 bits per heavy atom. The third-order valence-electron chi connectivity index (χ3n) is 1.94. The molecule has 0 aliphatic heterocycles. The molecule has 0 aromatic carbocycles. The smallest absolute Gasteiger partial charge is 0.300 e. The first kappa shape index (κ1) is 8.42. The fourth-order valence-corrected chi connectivity index (χ4v) is 1.34. The van der Waals surface area contributed by atoms with Crippen molar-refractivity contribution in [2.45, 2.75) is 6.92 Å². The first-order chi connectivity index (χ1) is 6.61. The molecule has 0 saturated carbocycles. The Morgan fingerprint density at radius 2 is 2.36 bits per heavy atom. The highest BCUT2D eigenvalue weighted by atomic mass is 16.6. The average molecular weight is 193 g/mol. The normalized spacial score (nSPS) is 10.6. The Kier molecular flexibility index (Phi) is 1.60. The van der Waals surface area contributed by atoms with Crippen molar-refractivity contribution in [1.82, 2.24) is 14.6 Å². The third-order valence-corrected chi connectivity index (χ3v) is 1.94. The number of aryl methyl sites for hydroxylation is 1. The number of nitro groups is 1. The van der Waals surface area contributed by atoms with Gasteiger partial charge in [-0.05, 0) is 6.92 Å². The van der Waals surface area contributed by atoms with E-state index in [0.717, 1.165) is 0 Å². The van der Waals surface area contributed by atoms with Crippen LogP contribution in [0, 0.1) is 17.0 Å². The summed E-state index contributed by atoms with van der Waals surface area (Å²) in [6, 6.07) is 1.42. The molecule has 0 saturated heterocycles. The first-order valence-electron chi connectivity index (χ1n) is 3.84. The Morgan fingerprint density at radius 3 is 3.00 bits per heavy atom. The summed E-state index contributed by atoms with van der Waals surface area (Å²) in [6.45, 7) is 1.71. The molecule has 7 nitrogen and oxygen atoms in total. The molecule has 0 spiro atoms. The molecule has 0 bridgehead atoms. The fourth-order valence-electron chi connectivity index (χ4n) is 1.34. The molecule has 0 unspecified atom stereocenters. The number of rotatable bonds is 1. The molecule has 0 amide bonds. The maximum Gasteiger partial charge on any atom is 0.300 e. The second kappa shape index (κ2) is 2.66. The summed E-state index contributed by atoms with van der Waals surface area (Å²) in [5, 5.41) is 14.5. The Labute approximate surface area is 78.3 Å².